The van der Waals surface area contributed by atoms with Crippen LogP contribution in [-0.4, -0.2) is 22.0 Å². The molecule has 0 fully saturated rings. The molecule has 0 spiro atoms. The number of hydrogen-bond acceptors (Lipinski definition) is 2. The van der Waals surface area contributed by atoms with E-state index in [1.54, 1.807) is 0 Å². The van der Waals surface area contributed by atoms with Crippen LogP contribution in [0.5, 0.6) is 0 Å². The first-order valence-corrected chi connectivity index (χ1v) is 5.57. The molecular weight excluding hydrogens is 198 g/mol. The lowest BCUT2D eigenvalue weighted by atomic mass is 10.1. The molecular formula is C13H13N3. The highest BCUT2D eigenvalue weighted by atomic mass is 15.3. The minimum atomic E-state index is 0.883. The second-order valence-electron chi connectivity index (χ2n) is 3.89. The van der Waals surface area contributed by atoms with Gasteiger partial charge in [0.15, 0.2) is 0 Å². The summed E-state index contributed by atoms with van der Waals surface area (Å²) in [6.45, 7) is 1.84. The molecule has 0 amide bonds. The van der Waals surface area contributed by atoms with Crippen molar-refractivity contribution in [3.8, 4) is 0 Å². The van der Waals surface area contributed by atoms with Gasteiger partial charge >= 0.3 is 0 Å². The Hall–Kier alpha value is -1.90. The second-order valence-corrected chi connectivity index (χ2v) is 3.89. The molecule has 1 aromatic carbocycles. The Morgan fingerprint density at radius 2 is 1.94 bits per heavy atom. The van der Waals surface area contributed by atoms with Crippen molar-refractivity contribution in [2.24, 2.45) is 4.99 Å². The van der Waals surface area contributed by atoms with Gasteiger partial charge in [-0.15, -0.1) is 0 Å². The summed E-state index contributed by atoms with van der Waals surface area (Å²) in [7, 11) is 0. The Labute approximate surface area is 94.4 Å². The van der Waals surface area contributed by atoms with E-state index in [4.69, 9.17) is 0 Å². The van der Waals surface area contributed by atoms with Crippen LogP contribution in [0, 0.1) is 0 Å². The maximum atomic E-state index is 4.66. The SMILES string of the molecule is c1ccc(C2=NCCCn3nccc32)cc1. The highest BCUT2D eigenvalue weighted by Gasteiger charge is 2.14. The van der Waals surface area contributed by atoms with E-state index in [1.165, 1.54) is 5.56 Å². The van der Waals surface area contributed by atoms with Crippen LogP contribution in [0.1, 0.15) is 17.7 Å². The molecule has 0 unspecified atom stereocenters. The fourth-order valence-corrected chi connectivity index (χ4v) is 2.04. The fraction of sp³-hybridized carbons (Fsp3) is 0.231. The van der Waals surface area contributed by atoms with Gasteiger partial charge < -0.3 is 0 Å². The summed E-state index contributed by atoms with van der Waals surface area (Å²) in [6, 6.07) is 12.4. The van der Waals surface area contributed by atoms with Crippen molar-refractivity contribution in [2.45, 2.75) is 13.0 Å². The Morgan fingerprint density at radius 1 is 1.06 bits per heavy atom. The third kappa shape index (κ3) is 1.54. The van der Waals surface area contributed by atoms with E-state index in [9.17, 15) is 0 Å². The standard InChI is InChI=1S/C13H13N3/c1-2-5-11(6-3-1)13-12-7-9-15-16(12)10-4-8-14-13/h1-3,5-7,9H,4,8,10H2. The number of benzene rings is 1. The maximum absolute atomic E-state index is 4.66. The topological polar surface area (TPSA) is 30.2 Å². The van der Waals surface area contributed by atoms with Crippen LogP contribution in [0.15, 0.2) is 47.6 Å². The van der Waals surface area contributed by atoms with Crippen molar-refractivity contribution in [2.75, 3.05) is 6.54 Å². The fourth-order valence-electron chi connectivity index (χ4n) is 2.04. The molecule has 0 N–H and O–H groups in total. The van der Waals surface area contributed by atoms with Crippen LogP contribution in [0.3, 0.4) is 0 Å². The minimum absolute atomic E-state index is 0.883. The second kappa shape index (κ2) is 3.93. The molecule has 1 aromatic heterocycles. The highest BCUT2D eigenvalue weighted by Crippen LogP contribution is 2.14. The van der Waals surface area contributed by atoms with E-state index in [0.29, 0.717) is 0 Å². The van der Waals surface area contributed by atoms with Crippen molar-refractivity contribution in [1.82, 2.24) is 9.78 Å². The van der Waals surface area contributed by atoms with Crippen LogP contribution in [0.2, 0.25) is 0 Å². The number of aryl methyl sites for hydroxylation is 1. The summed E-state index contributed by atoms with van der Waals surface area (Å²) < 4.78 is 2.04. The average Bonchev–Trinajstić information content (AvgIpc) is 2.70. The van der Waals surface area contributed by atoms with Crippen LogP contribution in [-0.2, 0) is 6.54 Å². The molecule has 2 aromatic rings. The quantitative estimate of drug-likeness (QED) is 0.710. The molecule has 1 aliphatic rings. The van der Waals surface area contributed by atoms with Gasteiger partial charge in [-0.3, -0.25) is 9.67 Å². The lowest BCUT2D eigenvalue weighted by Crippen LogP contribution is -2.10. The van der Waals surface area contributed by atoms with Crippen molar-refractivity contribution < 1.29 is 0 Å². The van der Waals surface area contributed by atoms with E-state index in [2.05, 4.69) is 22.2 Å². The van der Waals surface area contributed by atoms with Crippen LogP contribution >= 0.6 is 0 Å². The normalized spacial score (nSPS) is 15.1. The van der Waals surface area contributed by atoms with E-state index in [-0.39, 0.29) is 0 Å². The molecule has 80 valence electrons. The summed E-state index contributed by atoms with van der Waals surface area (Å²) in [4.78, 5) is 4.66. The number of nitrogens with zero attached hydrogens (tertiary/aromatic N) is 3. The predicted octanol–water partition coefficient (Wildman–Crippen LogP) is 2.12. The molecule has 1 aliphatic heterocycles. The zero-order chi connectivity index (χ0) is 10.8. The predicted molar refractivity (Wildman–Crippen MR) is 63.8 cm³/mol. The number of aliphatic imine (C=N–C) groups is 1. The monoisotopic (exact) mass is 211 g/mol. The maximum Gasteiger partial charge on any atom is 0.0899 e. The Bertz CT molecular complexity index is 511. The Balaban J connectivity index is 2.12. The summed E-state index contributed by atoms with van der Waals surface area (Å²) in [5.41, 5.74) is 3.37. The van der Waals surface area contributed by atoms with Crippen molar-refractivity contribution >= 4 is 5.71 Å². The van der Waals surface area contributed by atoms with E-state index < -0.39 is 0 Å². The molecule has 0 saturated carbocycles. The summed E-state index contributed by atoms with van der Waals surface area (Å²) in [6.07, 6.45) is 2.91. The number of aromatic nitrogens is 2. The van der Waals surface area contributed by atoms with Gasteiger partial charge in [0, 0.05) is 24.8 Å². The zero-order valence-electron chi connectivity index (χ0n) is 9.00. The Morgan fingerprint density at radius 3 is 2.81 bits per heavy atom. The first-order valence-electron chi connectivity index (χ1n) is 5.57. The number of rotatable bonds is 1. The van der Waals surface area contributed by atoms with Crippen LogP contribution in [0.4, 0.5) is 0 Å². The van der Waals surface area contributed by atoms with Crippen molar-refractivity contribution in [1.29, 1.82) is 0 Å². The summed E-state index contributed by atoms with van der Waals surface area (Å²) in [5, 5.41) is 4.33. The van der Waals surface area contributed by atoms with Gasteiger partial charge in [-0.25, -0.2) is 0 Å². The van der Waals surface area contributed by atoms with Gasteiger partial charge in [0.25, 0.3) is 0 Å². The molecule has 0 atom stereocenters. The third-order valence-electron chi connectivity index (χ3n) is 2.80. The Kier molecular flexibility index (Phi) is 2.29. The van der Waals surface area contributed by atoms with E-state index in [1.807, 2.05) is 35.1 Å². The minimum Gasteiger partial charge on any atom is -0.282 e. The molecule has 3 rings (SSSR count). The lowest BCUT2D eigenvalue weighted by molar-refractivity contribution is 0.591. The highest BCUT2D eigenvalue weighted by molar-refractivity contribution is 6.11. The largest absolute Gasteiger partial charge is 0.282 e. The van der Waals surface area contributed by atoms with Crippen LogP contribution < -0.4 is 0 Å². The summed E-state index contributed by atoms with van der Waals surface area (Å²) >= 11 is 0. The van der Waals surface area contributed by atoms with Gasteiger partial charge in [0.05, 0.1) is 11.4 Å². The average molecular weight is 211 g/mol. The molecule has 0 bridgehead atoms. The smallest absolute Gasteiger partial charge is 0.0899 e. The van der Waals surface area contributed by atoms with Crippen molar-refractivity contribution in [3.05, 3.63) is 53.9 Å². The molecule has 0 radical (unpaired) electrons. The number of fused-ring (bicyclic) bond motifs is 1. The van der Waals surface area contributed by atoms with Gasteiger partial charge in [0.2, 0.25) is 0 Å². The van der Waals surface area contributed by atoms with Gasteiger partial charge in [-0.2, -0.15) is 5.10 Å². The van der Waals surface area contributed by atoms with Crippen molar-refractivity contribution in [3.63, 3.8) is 0 Å². The first-order chi connectivity index (χ1) is 7.95. The molecule has 3 nitrogen and oxygen atoms in total. The van der Waals surface area contributed by atoms with E-state index in [0.717, 1.165) is 30.9 Å². The van der Waals surface area contributed by atoms with Gasteiger partial charge in [-0.05, 0) is 12.5 Å². The van der Waals surface area contributed by atoms with Gasteiger partial charge in [-0.1, -0.05) is 30.3 Å². The lowest BCUT2D eigenvalue weighted by Gasteiger charge is -2.06. The first kappa shape index (κ1) is 9.33. The van der Waals surface area contributed by atoms with E-state index >= 15 is 0 Å². The van der Waals surface area contributed by atoms with Gasteiger partial charge in [0.1, 0.15) is 0 Å². The molecule has 0 saturated heterocycles. The summed E-state index contributed by atoms with van der Waals surface area (Å²) in [5.74, 6) is 0. The molecule has 2 heterocycles. The molecule has 3 heteroatoms. The number of hydrogen-bond donors (Lipinski definition) is 0. The molecule has 0 aliphatic carbocycles. The molecule has 16 heavy (non-hydrogen) atoms. The zero-order valence-corrected chi connectivity index (χ0v) is 9.00. The van der Waals surface area contributed by atoms with Crippen LogP contribution in [0.25, 0.3) is 0 Å². The third-order valence-corrected chi connectivity index (χ3v) is 2.80.